The van der Waals surface area contributed by atoms with Gasteiger partial charge in [-0.25, -0.2) is 9.78 Å². The van der Waals surface area contributed by atoms with Gasteiger partial charge < -0.3 is 19.4 Å². The molecule has 0 atom stereocenters. The average molecular weight is 478 g/mol. The first kappa shape index (κ1) is 26.0. The number of amides is 2. The number of anilines is 1. The first-order chi connectivity index (χ1) is 16.6. The summed E-state index contributed by atoms with van der Waals surface area (Å²) in [7, 11) is 0. The maximum Gasteiger partial charge on any atom is 0.407 e. The van der Waals surface area contributed by atoms with Crippen LogP contribution >= 0.6 is 0 Å². The second-order valence-electron chi connectivity index (χ2n) is 9.23. The van der Waals surface area contributed by atoms with Crippen molar-refractivity contribution in [1.29, 1.82) is 0 Å². The van der Waals surface area contributed by atoms with Gasteiger partial charge in [0.05, 0.1) is 11.4 Å². The summed E-state index contributed by atoms with van der Waals surface area (Å²) < 4.78 is 11.2. The molecule has 186 valence electrons. The van der Waals surface area contributed by atoms with Gasteiger partial charge in [-0.2, -0.15) is 0 Å². The van der Waals surface area contributed by atoms with E-state index in [4.69, 9.17) is 9.15 Å². The SMILES string of the molecule is CC.Cc1nc2c(o1)-c1ccccc1N(C(=O)c1ccc(CNC(=O)OC(C)(C)C)c(C)c1)CC2. The summed E-state index contributed by atoms with van der Waals surface area (Å²) in [5.41, 5.74) is 4.43. The number of alkyl carbamates (subject to hydrolysis) is 1. The highest BCUT2D eigenvalue weighted by atomic mass is 16.6. The number of nitrogens with zero attached hydrogens (tertiary/aromatic N) is 2. The maximum atomic E-state index is 13.5. The zero-order chi connectivity index (χ0) is 25.8. The number of ether oxygens (including phenoxy) is 1. The Kier molecular flexibility index (Phi) is 7.99. The lowest BCUT2D eigenvalue weighted by atomic mass is 10.0. The summed E-state index contributed by atoms with van der Waals surface area (Å²) in [4.78, 5) is 31.8. The van der Waals surface area contributed by atoms with E-state index in [0.29, 0.717) is 31.0 Å². The van der Waals surface area contributed by atoms with E-state index in [1.165, 1.54) is 0 Å². The molecule has 2 heterocycles. The van der Waals surface area contributed by atoms with Gasteiger partial charge in [0.25, 0.3) is 5.91 Å². The van der Waals surface area contributed by atoms with Gasteiger partial charge in [-0.05, 0) is 63.1 Å². The fourth-order valence-electron chi connectivity index (χ4n) is 3.96. The maximum absolute atomic E-state index is 13.5. The van der Waals surface area contributed by atoms with Gasteiger partial charge in [0.15, 0.2) is 11.7 Å². The molecule has 0 spiro atoms. The van der Waals surface area contributed by atoms with Crippen LogP contribution in [-0.4, -0.2) is 29.1 Å². The van der Waals surface area contributed by atoms with Crippen LogP contribution in [0.15, 0.2) is 46.9 Å². The Morgan fingerprint density at radius 1 is 1.11 bits per heavy atom. The van der Waals surface area contributed by atoms with E-state index in [-0.39, 0.29) is 5.91 Å². The molecule has 0 aliphatic carbocycles. The van der Waals surface area contributed by atoms with Gasteiger partial charge in [0.1, 0.15) is 5.60 Å². The number of oxazole rings is 1. The summed E-state index contributed by atoms with van der Waals surface area (Å²) in [5, 5.41) is 2.77. The number of aromatic nitrogens is 1. The Hall–Kier alpha value is -3.61. The van der Waals surface area contributed by atoms with E-state index < -0.39 is 11.7 Å². The average Bonchev–Trinajstić information content (AvgIpc) is 3.11. The molecular weight excluding hydrogens is 442 g/mol. The van der Waals surface area contributed by atoms with Crippen LogP contribution in [0.4, 0.5) is 10.5 Å². The zero-order valence-corrected chi connectivity index (χ0v) is 21.7. The zero-order valence-electron chi connectivity index (χ0n) is 21.7. The van der Waals surface area contributed by atoms with Crippen molar-refractivity contribution in [2.75, 3.05) is 11.4 Å². The molecule has 1 aliphatic heterocycles. The Morgan fingerprint density at radius 3 is 2.51 bits per heavy atom. The van der Waals surface area contributed by atoms with Crippen molar-refractivity contribution in [3.8, 4) is 11.3 Å². The molecule has 0 bridgehead atoms. The van der Waals surface area contributed by atoms with Gasteiger partial charge in [-0.1, -0.05) is 32.0 Å². The minimum atomic E-state index is -0.553. The van der Waals surface area contributed by atoms with Crippen LogP contribution in [0.25, 0.3) is 11.3 Å². The van der Waals surface area contributed by atoms with Gasteiger partial charge in [-0.15, -0.1) is 0 Å². The summed E-state index contributed by atoms with van der Waals surface area (Å²) in [6.07, 6.45) is 0.146. The number of carbonyl (C=O) groups is 2. The topological polar surface area (TPSA) is 84.7 Å². The van der Waals surface area contributed by atoms with Crippen molar-refractivity contribution in [1.82, 2.24) is 10.3 Å². The van der Waals surface area contributed by atoms with Gasteiger partial charge in [-0.3, -0.25) is 4.79 Å². The van der Waals surface area contributed by atoms with Gasteiger partial charge in [0, 0.05) is 37.6 Å². The molecule has 1 N–H and O–H groups in total. The number of nitrogens with one attached hydrogen (secondary N) is 1. The number of aryl methyl sites for hydroxylation is 2. The quantitative estimate of drug-likeness (QED) is 0.485. The number of carbonyl (C=O) groups excluding carboxylic acids is 2. The molecule has 7 heteroatoms. The van der Waals surface area contributed by atoms with E-state index in [0.717, 1.165) is 33.8 Å². The van der Waals surface area contributed by atoms with Crippen LogP contribution in [0.3, 0.4) is 0 Å². The summed E-state index contributed by atoms with van der Waals surface area (Å²) in [6.45, 7) is 14.1. The molecule has 1 aliphatic rings. The van der Waals surface area contributed by atoms with Crippen molar-refractivity contribution in [3.05, 3.63) is 70.7 Å². The summed E-state index contributed by atoms with van der Waals surface area (Å²) >= 11 is 0. The molecule has 7 nitrogen and oxygen atoms in total. The normalized spacial score (nSPS) is 12.5. The van der Waals surface area contributed by atoms with Crippen LogP contribution in [0.5, 0.6) is 0 Å². The molecule has 0 saturated heterocycles. The molecule has 0 fully saturated rings. The number of rotatable bonds is 3. The van der Waals surface area contributed by atoms with Crippen molar-refractivity contribution in [3.63, 3.8) is 0 Å². The second kappa shape index (κ2) is 10.8. The number of benzene rings is 2. The van der Waals surface area contributed by atoms with Gasteiger partial charge in [0.2, 0.25) is 0 Å². The third-order valence-corrected chi connectivity index (χ3v) is 5.47. The van der Waals surface area contributed by atoms with Crippen LogP contribution in [0.1, 0.15) is 67.7 Å². The van der Waals surface area contributed by atoms with E-state index in [1.807, 2.05) is 84.9 Å². The lowest BCUT2D eigenvalue weighted by Crippen LogP contribution is -2.33. The Labute approximate surface area is 207 Å². The molecule has 35 heavy (non-hydrogen) atoms. The van der Waals surface area contributed by atoms with Gasteiger partial charge >= 0.3 is 6.09 Å². The highest BCUT2D eigenvalue weighted by molar-refractivity contribution is 6.08. The molecule has 4 rings (SSSR count). The number of hydrogen-bond acceptors (Lipinski definition) is 5. The minimum Gasteiger partial charge on any atom is -0.444 e. The lowest BCUT2D eigenvalue weighted by molar-refractivity contribution is 0.0523. The third-order valence-electron chi connectivity index (χ3n) is 5.47. The fraction of sp³-hybridized carbons (Fsp3) is 0.393. The first-order valence-electron chi connectivity index (χ1n) is 12.1. The van der Waals surface area contributed by atoms with Crippen LogP contribution in [-0.2, 0) is 17.7 Å². The molecule has 2 amide bonds. The van der Waals surface area contributed by atoms with Crippen LogP contribution in [0.2, 0.25) is 0 Å². The molecule has 0 saturated carbocycles. The van der Waals surface area contributed by atoms with E-state index in [2.05, 4.69) is 10.3 Å². The number of para-hydroxylation sites is 1. The molecule has 2 aromatic carbocycles. The fourth-order valence-corrected chi connectivity index (χ4v) is 3.96. The predicted octanol–water partition coefficient (Wildman–Crippen LogP) is 6.21. The molecular formula is C28H35N3O4. The number of fused-ring (bicyclic) bond motifs is 3. The smallest absolute Gasteiger partial charge is 0.407 e. The highest BCUT2D eigenvalue weighted by Crippen LogP contribution is 2.37. The van der Waals surface area contributed by atoms with Crippen molar-refractivity contribution in [2.24, 2.45) is 0 Å². The van der Waals surface area contributed by atoms with Crippen LogP contribution < -0.4 is 10.2 Å². The molecule has 0 radical (unpaired) electrons. The van der Waals surface area contributed by atoms with E-state index in [1.54, 1.807) is 11.0 Å². The van der Waals surface area contributed by atoms with Crippen molar-refractivity contribution >= 4 is 17.7 Å². The Bertz CT molecular complexity index is 1210. The standard InChI is InChI=1S/C26H29N3O4.C2H6/c1-16-14-18(10-11-19(16)15-27-25(31)33-26(3,4)5)24(30)29-13-12-21-23(32-17(2)28-21)20-8-6-7-9-22(20)29;1-2/h6-11,14H,12-13,15H2,1-5H3,(H,27,31);1-2H3. The molecule has 3 aromatic rings. The summed E-state index contributed by atoms with van der Waals surface area (Å²) in [6, 6.07) is 13.3. The number of hydrogen-bond donors (Lipinski definition) is 1. The lowest BCUT2D eigenvalue weighted by Gasteiger charge is -2.23. The Balaban J connectivity index is 0.00000167. The van der Waals surface area contributed by atoms with E-state index in [9.17, 15) is 9.59 Å². The van der Waals surface area contributed by atoms with Crippen LogP contribution in [0, 0.1) is 13.8 Å². The first-order valence-corrected chi connectivity index (χ1v) is 12.1. The monoisotopic (exact) mass is 477 g/mol. The third kappa shape index (κ3) is 6.10. The minimum absolute atomic E-state index is 0.0842. The van der Waals surface area contributed by atoms with Crippen molar-refractivity contribution < 1.29 is 18.7 Å². The largest absolute Gasteiger partial charge is 0.444 e. The van der Waals surface area contributed by atoms with Crippen molar-refractivity contribution in [2.45, 2.75) is 67.0 Å². The second-order valence-corrected chi connectivity index (χ2v) is 9.23. The van der Waals surface area contributed by atoms with E-state index >= 15 is 0 Å². The highest BCUT2D eigenvalue weighted by Gasteiger charge is 2.28. The molecule has 1 aromatic heterocycles. The molecule has 0 unspecified atom stereocenters. The predicted molar refractivity (Wildman–Crippen MR) is 138 cm³/mol. The summed E-state index contributed by atoms with van der Waals surface area (Å²) in [5.74, 6) is 1.28. The Morgan fingerprint density at radius 2 is 1.83 bits per heavy atom.